The molecule has 0 radical (unpaired) electrons. The number of hydrogen-bond acceptors (Lipinski definition) is 4. The molecule has 0 heterocycles. The fraction of sp³-hybridized carbons (Fsp3) is 0.0909. The Hall–Kier alpha value is -3.05. The van der Waals surface area contributed by atoms with Crippen LogP contribution in [0.2, 0.25) is 0 Å². The lowest BCUT2D eigenvalue weighted by molar-refractivity contribution is 0.0602. The van der Waals surface area contributed by atoms with E-state index in [1.807, 2.05) is 30.3 Å². The summed E-state index contributed by atoms with van der Waals surface area (Å²) in [6.07, 6.45) is 0. The molecule has 0 aromatic heterocycles. The van der Waals surface area contributed by atoms with Crippen molar-refractivity contribution >= 4 is 29.3 Å². The molecule has 136 valence electrons. The molecular weight excluding hydrogens is 358 g/mol. The van der Waals surface area contributed by atoms with E-state index in [4.69, 9.17) is 4.74 Å². The predicted molar refractivity (Wildman–Crippen MR) is 108 cm³/mol. The fourth-order valence-electron chi connectivity index (χ4n) is 2.51. The van der Waals surface area contributed by atoms with E-state index in [1.54, 1.807) is 48.2 Å². The smallest absolute Gasteiger partial charge is 0.339 e. The number of amides is 1. The van der Waals surface area contributed by atoms with E-state index in [0.29, 0.717) is 16.8 Å². The maximum Gasteiger partial charge on any atom is 0.339 e. The highest BCUT2D eigenvalue weighted by Gasteiger charge is 2.14. The zero-order valence-corrected chi connectivity index (χ0v) is 15.7. The minimum absolute atomic E-state index is 0.270. The lowest BCUT2D eigenvalue weighted by atomic mass is 10.1. The molecular formula is C22H19NO3S. The Bertz CT molecular complexity index is 924. The number of esters is 1. The predicted octanol–water partition coefficient (Wildman–Crippen LogP) is 5.02. The first-order valence-corrected chi connectivity index (χ1v) is 9.41. The van der Waals surface area contributed by atoms with Gasteiger partial charge in [-0.2, -0.15) is 0 Å². The van der Waals surface area contributed by atoms with Crippen LogP contribution in [0.15, 0.2) is 83.8 Å². The van der Waals surface area contributed by atoms with Gasteiger partial charge in [0.1, 0.15) is 0 Å². The normalized spacial score (nSPS) is 10.3. The van der Waals surface area contributed by atoms with Crippen LogP contribution in [-0.2, 0) is 10.5 Å². The number of para-hydroxylation sites is 1. The summed E-state index contributed by atoms with van der Waals surface area (Å²) >= 11 is 1.75. The van der Waals surface area contributed by atoms with Gasteiger partial charge in [0, 0.05) is 16.2 Å². The van der Waals surface area contributed by atoms with E-state index in [9.17, 15) is 9.59 Å². The fourth-order valence-corrected chi connectivity index (χ4v) is 3.39. The number of rotatable bonds is 6. The van der Waals surface area contributed by atoms with Crippen LogP contribution in [-0.4, -0.2) is 19.0 Å². The van der Waals surface area contributed by atoms with Crippen molar-refractivity contribution in [2.24, 2.45) is 0 Å². The molecule has 0 fully saturated rings. The highest BCUT2D eigenvalue weighted by Crippen LogP contribution is 2.23. The van der Waals surface area contributed by atoms with Gasteiger partial charge in [-0.25, -0.2) is 4.79 Å². The first-order valence-electron chi connectivity index (χ1n) is 8.43. The Labute approximate surface area is 162 Å². The highest BCUT2D eigenvalue weighted by atomic mass is 32.2. The van der Waals surface area contributed by atoms with Crippen molar-refractivity contribution in [3.05, 3.63) is 95.6 Å². The Kier molecular flexibility index (Phi) is 6.28. The molecule has 0 saturated carbocycles. The number of thioether (sulfide) groups is 1. The second-order valence-electron chi connectivity index (χ2n) is 5.79. The minimum atomic E-state index is -0.487. The van der Waals surface area contributed by atoms with Crippen molar-refractivity contribution in [1.82, 2.24) is 0 Å². The van der Waals surface area contributed by atoms with Crippen LogP contribution in [0.5, 0.6) is 0 Å². The number of carbonyl (C=O) groups excluding carboxylic acids is 2. The highest BCUT2D eigenvalue weighted by molar-refractivity contribution is 7.98. The molecule has 4 nitrogen and oxygen atoms in total. The standard InChI is InChI=1S/C22H19NO3S/c1-26-22(25)19-9-5-6-10-20(19)23-21(24)17-13-11-16(12-14-17)15-27-18-7-3-2-4-8-18/h2-14H,15H2,1H3,(H,23,24). The Morgan fingerprint density at radius 2 is 1.56 bits per heavy atom. The molecule has 0 bridgehead atoms. The second-order valence-corrected chi connectivity index (χ2v) is 6.84. The van der Waals surface area contributed by atoms with Crippen LogP contribution in [0, 0.1) is 0 Å². The lowest BCUT2D eigenvalue weighted by Crippen LogP contribution is -2.15. The Morgan fingerprint density at radius 3 is 2.26 bits per heavy atom. The minimum Gasteiger partial charge on any atom is -0.465 e. The Balaban J connectivity index is 1.65. The number of hydrogen-bond donors (Lipinski definition) is 1. The number of anilines is 1. The summed E-state index contributed by atoms with van der Waals surface area (Å²) in [5, 5.41) is 2.77. The number of ether oxygens (including phenoxy) is 1. The van der Waals surface area contributed by atoms with E-state index < -0.39 is 5.97 Å². The summed E-state index contributed by atoms with van der Waals surface area (Å²) in [6, 6.07) is 24.4. The molecule has 0 atom stereocenters. The third-order valence-electron chi connectivity index (χ3n) is 3.95. The molecule has 0 spiro atoms. The molecule has 1 N–H and O–H groups in total. The van der Waals surface area contributed by atoms with Gasteiger partial charge in [0.05, 0.1) is 18.4 Å². The average Bonchev–Trinajstić information content (AvgIpc) is 2.73. The van der Waals surface area contributed by atoms with Crippen LogP contribution in [0.4, 0.5) is 5.69 Å². The maximum absolute atomic E-state index is 12.5. The zero-order valence-electron chi connectivity index (χ0n) is 14.8. The van der Waals surface area contributed by atoms with Crippen LogP contribution in [0.1, 0.15) is 26.3 Å². The summed E-state index contributed by atoms with van der Waals surface area (Å²) in [7, 11) is 1.31. The molecule has 0 saturated heterocycles. The quantitative estimate of drug-likeness (QED) is 0.484. The number of methoxy groups -OCH3 is 1. The molecule has 0 aliphatic carbocycles. The SMILES string of the molecule is COC(=O)c1ccccc1NC(=O)c1ccc(CSc2ccccc2)cc1. The summed E-state index contributed by atoms with van der Waals surface area (Å²) in [4.78, 5) is 25.5. The van der Waals surface area contributed by atoms with Gasteiger partial charge in [-0.3, -0.25) is 4.79 Å². The number of nitrogens with one attached hydrogen (secondary N) is 1. The van der Waals surface area contributed by atoms with Crippen LogP contribution < -0.4 is 5.32 Å². The van der Waals surface area contributed by atoms with Crippen molar-refractivity contribution in [2.75, 3.05) is 12.4 Å². The molecule has 0 unspecified atom stereocenters. The van der Waals surface area contributed by atoms with Gasteiger partial charge in [0.15, 0.2) is 0 Å². The number of carbonyl (C=O) groups is 2. The van der Waals surface area contributed by atoms with Crippen LogP contribution in [0.25, 0.3) is 0 Å². The molecule has 27 heavy (non-hydrogen) atoms. The average molecular weight is 377 g/mol. The monoisotopic (exact) mass is 377 g/mol. The van der Waals surface area contributed by atoms with Crippen molar-refractivity contribution < 1.29 is 14.3 Å². The second kappa shape index (κ2) is 9.05. The molecule has 0 aliphatic heterocycles. The van der Waals surface area contributed by atoms with Crippen molar-refractivity contribution in [3.63, 3.8) is 0 Å². The van der Waals surface area contributed by atoms with Gasteiger partial charge in [0.2, 0.25) is 0 Å². The largest absolute Gasteiger partial charge is 0.465 e. The summed E-state index contributed by atoms with van der Waals surface area (Å²) in [5.74, 6) is 0.0738. The van der Waals surface area contributed by atoms with Crippen molar-refractivity contribution in [2.45, 2.75) is 10.6 Å². The molecule has 0 aliphatic rings. The van der Waals surface area contributed by atoms with Crippen LogP contribution in [0.3, 0.4) is 0 Å². The lowest BCUT2D eigenvalue weighted by Gasteiger charge is -2.10. The third-order valence-corrected chi connectivity index (χ3v) is 5.03. The maximum atomic E-state index is 12.5. The van der Waals surface area contributed by atoms with Crippen molar-refractivity contribution in [3.8, 4) is 0 Å². The molecule has 3 aromatic carbocycles. The van der Waals surface area contributed by atoms with E-state index in [2.05, 4.69) is 17.4 Å². The van der Waals surface area contributed by atoms with E-state index >= 15 is 0 Å². The van der Waals surface area contributed by atoms with Gasteiger partial charge in [-0.1, -0.05) is 42.5 Å². The van der Waals surface area contributed by atoms with Gasteiger partial charge in [-0.05, 0) is 42.0 Å². The molecule has 3 rings (SSSR count). The van der Waals surface area contributed by atoms with E-state index in [-0.39, 0.29) is 5.91 Å². The van der Waals surface area contributed by atoms with Gasteiger partial charge in [0.25, 0.3) is 5.91 Å². The van der Waals surface area contributed by atoms with Gasteiger partial charge >= 0.3 is 5.97 Å². The summed E-state index contributed by atoms with van der Waals surface area (Å²) < 4.78 is 4.75. The zero-order chi connectivity index (χ0) is 19.1. The topological polar surface area (TPSA) is 55.4 Å². The van der Waals surface area contributed by atoms with E-state index in [1.165, 1.54) is 12.0 Å². The summed E-state index contributed by atoms with van der Waals surface area (Å²) in [5.41, 5.74) is 2.42. The van der Waals surface area contributed by atoms with Gasteiger partial charge in [-0.15, -0.1) is 11.8 Å². The van der Waals surface area contributed by atoms with Crippen molar-refractivity contribution in [1.29, 1.82) is 0 Å². The van der Waals surface area contributed by atoms with Crippen LogP contribution >= 0.6 is 11.8 Å². The molecule has 3 aromatic rings. The third kappa shape index (κ3) is 4.99. The Morgan fingerprint density at radius 1 is 0.889 bits per heavy atom. The first kappa shape index (κ1) is 18.7. The summed E-state index contributed by atoms with van der Waals surface area (Å²) in [6.45, 7) is 0. The number of benzene rings is 3. The molecule has 5 heteroatoms. The first-order chi connectivity index (χ1) is 13.2. The molecule has 1 amide bonds. The van der Waals surface area contributed by atoms with Gasteiger partial charge < -0.3 is 10.1 Å². The van der Waals surface area contributed by atoms with E-state index in [0.717, 1.165) is 11.3 Å².